The van der Waals surface area contributed by atoms with Crippen LogP contribution in [-0.4, -0.2) is 46.5 Å². The molecule has 1 aliphatic rings. The zero-order chi connectivity index (χ0) is 12.8. The molecule has 1 aromatic heterocycles. The zero-order valence-corrected chi connectivity index (χ0v) is 11.1. The molecule has 1 saturated heterocycles. The van der Waals surface area contributed by atoms with Crippen molar-refractivity contribution in [3.63, 3.8) is 0 Å². The van der Waals surface area contributed by atoms with E-state index in [0.29, 0.717) is 6.54 Å². The van der Waals surface area contributed by atoms with Gasteiger partial charge in [0.2, 0.25) is 5.91 Å². The lowest BCUT2D eigenvalue weighted by molar-refractivity contribution is -0.131. The third-order valence-corrected chi connectivity index (χ3v) is 3.43. The quantitative estimate of drug-likeness (QED) is 0.777. The first-order chi connectivity index (χ1) is 8.77. The third kappa shape index (κ3) is 3.57. The Morgan fingerprint density at radius 1 is 1.39 bits per heavy atom. The molecule has 1 aromatic rings. The summed E-state index contributed by atoms with van der Waals surface area (Å²) in [5.74, 6) is 1.28. The van der Waals surface area contributed by atoms with Crippen molar-refractivity contribution in [3.05, 3.63) is 18.2 Å². The molecule has 1 N–H and O–H groups in total. The normalized spacial score (nSPS) is 15.9. The van der Waals surface area contributed by atoms with Crippen LogP contribution in [-0.2, 0) is 18.3 Å². The molecule has 5 nitrogen and oxygen atoms in total. The topological polar surface area (TPSA) is 50.2 Å². The number of aromatic nitrogens is 2. The third-order valence-electron chi connectivity index (χ3n) is 3.43. The van der Waals surface area contributed by atoms with E-state index in [-0.39, 0.29) is 5.91 Å². The van der Waals surface area contributed by atoms with Crippen molar-refractivity contribution in [3.8, 4) is 0 Å². The molecule has 18 heavy (non-hydrogen) atoms. The minimum Gasteiger partial charge on any atom is -0.342 e. The van der Waals surface area contributed by atoms with Gasteiger partial charge in [0.25, 0.3) is 0 Å². The smallest absolute Gasteiger partial charge is 0.236 e. The number of nitrogens with one attached hydrogen (secondary N) is 1. The van der Waals surface area contributed by atoms with Crippen LogP contribution < -0.4 is 5.32 Å². The second-order valence-electron chi connectivity index (χ2n) is 4.82. The lowest BCUT2D eigenvalue weighted by Crippen LogP contribution is -2.41. The van der Waals surface area contributed by atoms with Crippen molar-refractivity contribution in [1.82, 2.24) is 19.8 Å². The molecule has 0 atom stereocenters. The van der Waals surface area contributed by atoms with Gasteiger partial charge in [-0.25, -0.2) is 4.98 Å². The summed E-state index contributed by atoms with van der Waals surface area (Å²) in [4.78, 5) is 18.1. The number of likely N-dealkylation sites (tertiary alicyclic amines) is 1. The van der Waals surface area contributed by atoms with Gasteiger partial charge in [-0.3, -0.25) is 4.79 Å². The molecule has 0 unspecified atom stereocenters. The first kappa shape index (κ1) is 13.1. The van der Waals surface area contributed by atoms with E-state index in [1.165, 1.54) is 6.42 Å². The van der Waals surface area contributed by atoms with Crippen LogP contribution in [0.5, 0.6) is 0 Å². The van der Waals surface area contributed by atoms with Gasteiger partial charge in [0.05, 0.1) is 6.54 Å². The number of hydrogen-bond acceptors (Lipinski definition) is 3. The molecule has 1 amide bonds. The molecule has 0 spiro atoms. The largest absolute Gasteiger partial charge is 0.342 e. The average Bonchev–Trinajstić information content (AvgIpc) is 2.81. The van der Waals surface area contributed by atoms with Gasteiger partial charge in [-0.05, 0) is 19.3 Å². The van der Waals surface area contributed by atoms with E-state index < -0.39 is 0 Å². The molecule has 1 fully saturated rings. The van der Waals surface area contributed by atoms with E-state index in [0.717, 1.165) is 44.7 Å². The number of hydrogen-bond donors (Lipinski definition) is 1. The van der Waals surface area contributed by atoms with Crippen molar-refractivity contribution in [2.24, 2.45) is 7.05 Å². The summed E-state index contributed by atoms with van der Waals surface area (Å²) in [5, 5.41) is 3.20. The maximum Gasteiger partial charge on any atom is 0.236 e. The highest BCUT2D eigenvalue weighted by Crippen LogP contribution is 2.08. The van der Waals surface area contributed by atoms with Gasteiger partial charge in [0.15, 0.2) is 0 Å². The highest BCUT2D eigenvalue weighted by Gasteiger charge is 2.15. The number of rotatable bonds is 5. The van der Waals surface area contributed by atoms with Gasteiger partial charge in [0.1, 0.15) is 5.82 Å². The van der Waals surface area contributed by atoms with E-state index in [1.807, 2.05) is 22.7 Å². The lowest BCUT2D eigenvalue weighted by atomic mass is 10.1. The summed E-state index contributed by atoms with van der Waals surface area (Å²) in [6.07, 6.45) is 8.16. The average molecular weight is 250 g/mol. The number of imidazole rings is 1. The van der Waals surface area contributed by atoms with Crippen molar-refractivity contribution in [2.75, 3.05) is 26.2 Å². The van der Waals surface area contributed by atoms with Crippen molar-refractivity contribution < 1.29 is 4.79 Å². The van der Waals surface area contributed by atoms with Gasteiger partial charge >= 0.3 is 0 Å². The van der Waals surface area contributed by atoms with E-state index in [1.54, 1.807) is 6.20 Å². The first-order valence-electron chi connectivity index (χ1n) is 6.72. The van der Waals surface area contributed by atoms with E-state index in [4.69, 9.17) is 0 Å². The zero-order valence-electron chi connectivity index (χ0n) is 11.1. The highest BCUT2D eigenvalue weighted by atomic mass is 16.2. The monoisotopic (exact) mass is 250 g/mol. The number of amides is 1. The van der Waals surface area contributed by atoms with Gasteiger partial charge in [-0.15, -0.1) is 0 Å². The molecule has 5 heteroatoms. The summed E-state index contributed by atoms with van der Waals surface area (Å²) < 4.78 is 2.01. The number of nitrogens with zero attached hydrogens (tertiary/aromatic N) is 3. The van der Waals surface area contributed by atoms with Crippen LogP contribution in [0.15, 0.2) is 12.4 Å². The second kappa shape index (κ2) is 6.54. The van der Waals surface area contributed by atoms with Gasteiger partial charge in [-0.2, -0.15) is 0 Å². The minimum absolute atomic E-state index is 0.231. The van der Waals surface area contributed by atoms with Crippen LogP contribution in [0.4, 0.5) is 0 Å². The maximum absolute atomic E-state index is 11.9. The van der Waals surface area contributed by atoms with Crippen LogP contribution in [0.2, 0.25) is 0 Å². The summed E-state index contributed by atoms with van der Waals surface area (Å²) in [6.45, 7) is 3.11. The molecule has 0 saturated carbocycles. The van der Waals surface area contributed by atoms with Gasteiger partial charge in [-0.1, -0.05) is 0 Å². The van der Waals surface area contributed by atoms with Gasteiger partial charge in [0, 0.05) is 45.5 Å². The Labute approximate surface area is 108 Å². The Morgan fingerprint density at radius 3 is 2.83 bits per heavy atom. The van der Waals surface area contributed by atoms with E-state index in [9.17, 15) is 4.79 Å². The summed E-state index contributed by atoms with van der Waals surface area (Å²) >= 11 is 0. The Morgan fingerprint density at radius 2 is 2.17 bits per heavy atom. The minimum atomic E-state index is 0.231. The van der Waals surface area contributed by atoms with E-state index >= 15 is 0 Å². The maximum atomic E-state index is 11.9. The predicted octanol–water partition coefficient (Wildman–Crippen LogP) is 0.565. The molecule has 0 aliphatic carbocycles. The first-order valence-corrected chi connectivity index (χ1v) is 6.72. The predicted molar refractivity (Wildman–Crippen MR) is 70.2 cm³/mol. The molecule has 2 heterocycles. The lowest BCUT2D eigenvalue weighted by Gasteiger charge is -2.26. The fourth-order valence-corrected chi connectivity index (χ4v) is 2.29. The Kier molecular flexibility index (Phi) is 4.75. The van der Waals surface area contributed by atoms with Crippen molar-refractivity contribution in [2.45, 2.75) is 25.7 Å². The number of piperidine rings is 1. The van der Waals surface area contributed by atoms with Crippen molar-refractivity contribution in [1.29, 1.82) is 0 Å². The van der Waals surface area contributed by atoms with Crippen molar-refractivity contribution >= 4 is 5.91 Å². The van der Waals surface area contributed by atoms with Crippen LogP contribution in [0.3, 0.4) is 0 Å². The molecule has 1 aliphatic heterocycles. The number of carbonyl (C=O) groups excluding carboxylic acids is 1. The SMILES string of the molecule is Cn1ccnc1CCNCC(=O)N1CCCCC1. The van der Waals surface area contributed by atoms with Crippen LogP contribution in [0.1, 0.15) is 25.1 Å². The van der Waals surface area contributed by atoms with E-state index in [2.05, 4.69) is 10.3 Å². The second-order valence-corrected chi connectivity index (χ2v) is 4.82. The van der Waals surface area contributed by atoms with Crippen LogP contribution >= 0.6 is 0 Å². The fourth-order valence-electron chi connectivity index (χ4n) is 2.29. The molecule has 0 radical (unpaired) electrons. The van der Waals surface area contributed by atoms with Crippen LogP contribution in [0.25, 0.3) is 0 Å². The molecular formula is C13H22N4O. The summed E-state index contributed by atoms with van der Waals surface area (Å²) in [7, 11) is 1.99. The molecule has 0 bridgehead atoms. The molecular weight excluding hydrogens is 228 g/mol. The Bertz CT molecular complexity index is 382. The molecule has 0 aromatic carbocycles. The Hall–Kier alpha value is -1.36. The fraction of sp³-hybridized carbons (Fsp3) is 0.692. The highest BCUT2D eigenvalue weighted by molar-refractivity contribution is 5.78. The summed E-state index contributed by atoms with van der Waals surface area (Å²) in [5.41, 5.74) is 0. The Balaban J connectivity index is 1.63. The standard InChI is InChI=1S/C13H22N4O/c1-16-10-7-15-12(16)5-6-14-11-13(18)17-8-3-2-4-9-17/h7,10,14H,2-6,8-9,11H2,1H3. The van der Waals surface area contributed by atoms with Crippen LogP contribution in [0, 0.1) is 0 Å². The number of aryl methyl sites for hydroxylation is 1. The summed E-state index contributed by atoms with van der Waals surface area (Å²) in [6, 6.07) is 0. The van der Waals surface area contributed by atoms with Gasteiger partial charge < -0.3 is 14.8 Å². The number of carbonyl (C=O) groups is 1. The molecule has 2 rings (SSSR count). The molecule has 100 valence electrons.